The zero-order valence-electron chi connectivity index (χ0n) is 13.7. The van der Waals surface area contributed by atoms with Gasteiger partial charge in [0.25, 0.3) is 0 Å². The van der Waals surface area contributed by atoms with Crippen molar-refractivity contribution < 1.29 is 23.1 Å². The fourth-order valence-electron chi connectivity index (χ4n) is 2.22. The van der Waals surface area contributed by atoms with Gasteiger partial charge in [0, 0.05) is 7.05 Å². The van der Waals surface area contributed by atoms with Gasteiger partial charge in [-0.1, -0.05) is 43.3 Å². The fraction of sp³-hybridized carbons (Fsp3) is 0.471. The Hall–Kier alpha value is -1.79. The van der Waals surface area contributed by atoms with E-state index < -0.39 is 23.9 Å². The average molecular weight is 327 g/mol. The number of rotatable bonds is 9. The molecule has 0 unspecified atom stereocenters. The van der Waals surface area contributed by atoms with Crippen LogP contribution in [0.5, 0.6) is 0 Å². The van der Waals surface area contributed by atoms with Crippen LogP contribution in [0.3, 0.4) is 0 Å². The van der Waals surface area contributed by atoms with Gasteiger partial charge in [-0.2, -0.15) is 8.78 Å². The molecule has 128 valence electrons. The van der Waals surface area contributed by atoms with Crippen molar-refractivity contribution in [1.29, 1.82) is 0 Å². The third-order valence-electron chi connectivity index (χ3n) is 3.63. The molecule has 4 nitrogen and oxygen atoms in total. The molecule has 23 heavy (non-hydrogen) atoms. The number of hydroxylamine groups is 2. The highest BCUT2D eigenvalue weighted by atomic mass is 19.3. The van der Waals surface area contributed by atoms with Gasteiger partial charge >= 0.3 is 11.8 Å². The highest BCUT2D eigenvalue weighted by molar-refractivity contribution is 5.83. The molecule has 2 atom stereocenters. The van der Waals surface area contributed by atoms with Crippen molar-refractivity contribution in [3.63, 3.8) is 0 Å². The van der Waals surface area contributed by atoms with Crippen LogP contribution in [-0.2, 0) is 21.0 Å². The maximum Gasteiger partial charge on any atom is 0.335 e. The van der Waals surface area contributed by atoms with Crippen LogP contribution in [0.25, 0.3) is 0 Å². The Kier molecular flexibility index (Phi) is 7.32. The van der Waals surface area contributed by atoms with E-state index >= 15 is 0 Å². The van der Waals surface area contributed by atoms with E-state index in [2.05, 4.69) is 11.4 Å². The normalized spacial score (nSPS) is 14.1. The van der Waals surface area contributed by atoms with Crippen molar-refractivity contribution in [2.24, 2.45) is 5.92 Å². The van der Waals surface area contributed by atoms with Crippen LogP contribution in [0.15, 0.2) is 43.0 Å². The van der Waals surface area contributed by atoms with E-state index in [4.69, 9.17) is 4.74 Å². The largest absolute Gasteiger partial charge is 0.373 e. The third-order valence-corrected chi connectivity index (χ3v) is 3.63. The van der Waals surface area contributed by atoms with Gasteiger partial charge in [-0.3, -0.25) is 9.63 Å². The molecule has 0 aliphatic carbocycles. The van der Waals surface area contributed by atoms with Gasteiger partial charge in [-0.25, -0.2) is 5.06 Å². The molecule has 1 aromatic rings. The van der Waals surface area contributed by atoms with Crippen LogP contribution >= 0.6 is 0 Å². The summed E-state index contributed by atoms with van der Waals surface area (Å²) in [4.78, 5) is 16.4. The van der Waals surface area contributed by atoms with Crippen LogP contribution in [0.1, 0.15) is 18.9 Å². The van der Waals surface area contributed by atoms with E-state index in [1.54, 1.807) is 6.92 Å². The van der Waals surface area contributed by atoms with Gasteiger partial charge in [-0.15, -0.1) is 6.58 Å². The average Bonchev–Trinajstić information content (AvgIpc) is 2.57. The summed E-state index contributed by atoms with van der Waals surface area (Å²) in [5, 5.41) is 0.514. The first-order chi connectivity index (χ1) is 10.9. The molecular weight excluding hydrogens is 304 g/mol. The molecule has 0 aliphatic heterocycles. The summed E-state index contributed by atoms with van der Waals surface area (Å²) < 4.78 is 34.5. The van der Waals surface area contributed by atoms with Crippen LogP contribution in [0.4, 0.5) is 8.78 Å². The Bertz CT molecular complexity index is 508. The molecular formula is C17H23F2NO3. The van der Waals surface area contributed by atoms with Crippen molar-refractivity contribution >= 4 is 5.91 Å². The summed E-state index contributed by atoms with van der Waals surface area (Å²) in [6.45, 7) is 5.36. The fourth-order valence-corrected chi connectivity index (χ4v) is 2.22. The second-order valence-electron chi connectivity index (χ2n) is 5.11. The molecule has 6 heteroatoms. The van der Waals surface area contributed by atoms with E-state index in [1.807, 2.05) is 30.3 Å². The summed E-state index contributed by atoms with van der Waals surface area (Å²) in [7, 11) is 2.29. The van der Waals surface area contributed by atoms with E-state index in [1.165, 1.54) is 0 Å². The first-order valence-corrected chi connectivity index (χ1v) is 7.36. The van der Waals surface area contributed by atoms with Crippen molar-refractivity contribution in [2.45, 2.75) is 32.0 Å². The molecule has 0 aromatic heterocycles. The standard InChI is InChI=1S/C17H23F2NO3/c1-5-14(17(18,19)16(21)20(3)22-4)15(6-2)23-12-13-10-8-7-9-11-13/h5,7-11,14-15H,1,6,12H2,2-4H3/t14-,15+/m1/s1. The van der Waals surface area contributed by atoms with Gasteiger partial charge < -0.3 is 4.74 Å². The molecule has 0 heterocycles. The van der Waals surface area contributed by atoms with Crippen LogP contribution in [0.2, 0.25) is 0 Å². The predicted octanol–water partition coefficient (Wildman–Crippen LogP) is 3.44. The first kappa shape index (κ1) is 19.3. The van der Waals surface area contributed by atoms with Gasteiger partial charge in [-0.05, 0) is 12.0 Å². The molecule has 0 radical (unpaired) electrons. The maximum atomic E-state index is 14.5. The highest BCUT2D eigenvalue weighted by Gasteiger charge is 2.51. The number of hydrogen-bond acceptors (Lipinski definition) is 3. The number of alkyl halides is 2. The molecule has 0 aliphatic rings. The predicted molar refractivity (Wildman–Crippen MR) is 83.7 cm³/mol. The summed E-state index contributed by atoms with van der Waals surface area (Å²) in [5.41, 5.74) is 0.873. The summed E-state index contributed by atoms with van der Waals surface area (Å²) in [6.07, 6.45) is 0.556. The number of amides is 1. The number of benzene rings is 1. The Labute approximate surface area is 135 Å². The summed E-state index contributed by atoms with van der Waals surface area (Å²) in [5.74, 6) is -6.53. The number of carbonyl (C=O) groups excluding carboxylic acids is 1. The lowest BCUT2D eigenvalue weighted by Gasteiger charge is -2.31. The van der Waals surface area contributed by atoms with Gasteiger partial charge in [0.1, 0.15) is 0 Å². The van der Waals surface area contributed by atoms with Crippen molar-refractivity contribution in [3.05, 3.63) is 48.6 Å². The lowest BCUT2D eigenvalue weighted by molar-refractivity contribution is -0.205. The molecule has 0 saturated heterocycles. The molecule has 1 rings (SSSR count). The SMILES string of the molecule is C=C[C@H]([C@H](CC)OCc1ccccc1)C(F)(F)C(=O)N(C)OC. The van der Waals surface area contributed by atoms with Crippen molar-refractivity contribution in [1.82, 2.24) is 5.06 Å². The Morgan fingerprint density at radius 1 is 1.39 bits per heavy atom. The molecule has 0 N–H and O–H groups in total. The minimum absolute atomic E-state index is 0.189. The summed E-state index contributed by atoms with van der Waals surface area (Å²) >= 11 is 0. The molecule has 0 fully saturated rings. The topological polar surface area (TPSA) is 38.8 Å². The van der Waals surface area contributed by atoms with Crippen molar-refractivity contribution in [3.8, 4) is 0 Å². The first-order valence-electron chi connectivity index (χ1n) is 7.36. The lowest BCUT2D eigenvalue weighted by Crippen LogP contribution is -2.49. The van der Waals surface area contributed by atoms with E-state index in [0.717, 1.165) is 25.8 Å². The van der Waals surface area contributed by atoms with Crippen LogP contribution in [-0.4, -0.2) is 37.2 Å². The molecule has 1 amide bonds. The molecule has 0 bridgehead atoms. The zero-order chi connectivity index (χ0) is 17.5. The van der Waals surface area contributed by atoms with Crippen LogP contribution in [0, 0.1) is 5.92 Å². The van der Waals surface area contributed by atoms with E-state index in [0.29, 0.717) is 11.5 Å². The zero-order valence-corrected chi connectivity index (χ0v) is 13.7. The second-order valence-corrected chi connectivity index (χ2v) is 5.11. The van der Waals surface area contributed by atoms with Gasteiger partial charge in [0.15, 0.2) is 0 Å². The van der Waals surface area contributed by atoms with Crippen molar-refractivity contribution in [2.75, 3.05) is 14.2 Å². The quantitative estimate of drug-likeness (QED) is 0.515. The molecule has 0 saturated carbocycles. The van der Waals surface area contributed by atoms with Crippen LogP contribution < -0.4 is 0 Å². The highest BCUT2D eigenvalue weighted by Crippen LogP contribution is 2.33. The summed E-state index contributed by atoms with van der Waals surface area (Å²) in [6, 6.07) is 9.24. The Morgan fingerprint density at radius 2 is 2.00 bits per heavy atom. The minimum Gasteiger partial charge on any atom is -0.373 e. The van der Waals surface area contributed by atoms with E-state index in [-0.39, 0.29) is 6.61 Å². The third kappa shape index (κ3) is 4.84. The Morgan fingerprint density at radius 3 is 2.48 bits per heavy atom. The Balaban J connectivity index is 2.86. The number of hydrogen-bond donors (Lipinski definition) is 0. The lowest BCUT2D eigenvalue weighted by atomic mass is 9.92. The van der Waals surface area contributed by atoms with E-state index in [9.17, 15) is 13.6 Å². The number of halogens is 2. The van der Waals surface area contributed by atoms with Gasteiger partial charge in [0.05, 0.1) is 25.7 Å². The minimum atomic E-state index is -3.66. The number of ether oxygens (including phenoxy) is 1. The molecule has 1 aromatic carbocycles. The van der Waals surface area contributed by atoms with Gasteiger partial charge in [0.2, 0.25) is 0 Å². The number of nitrogens with zero attached hydrogens (tertiary/aromatic N) is 1. The second kappa shape index (κ2) is 8.74. The number of carbonyl (C=O) groups is 1. The maximum absolute atomic E-state index is 14.5. The monoisotopic (exact) mass is 327 g/mol. The smallest absolute Gasteiger partial charge is 0.335 e. The molecule has 0 spiro atoms.